The molecule has 0 aromatic heterocycles. The number of carbonyl (C=O) groups is 2. The minimum Gasteiger partial charge on any atom is -0.756 e. The number of phosphoric acid groups is 1. The monoisotopic (exact) mass is 1310 g/mol. The van der Waals surface area contributed by atoms with Crippen molar-refractivity contribution in [1.82, 2.24) is 5.32 Å². The van der Waals surface area contributed by atoms with Crippen molar-refractivity contribution in [2.75, 3.05) is 40.9 Å². The quantitative estimate of drug-likeness (QED) is 0.0212. The summed E-state index contributed by atoms with van der Waals surface area (Å²) in [4.78, 5) is 40.3. The molecule has 10 heteroatoms. The highest BCUT2D eigenvalue weighted by Crippen LogP contribution is 2.38. The fourth-order valence-corrected chi connectivity index (χ4v) is 13.0. The van der Waals surface area contributed by atoms with Gasteiger partial charge in [0.2, 0.25) is 5.91 Å². The summed E-state index contributed by atoms with van der Waals surface area (Å²) >= 11 is 0. The van der Waals surface area contributed by atoms with Crippen molar-refractivity contribution < 1.29 is 37.3 Å². The minimum atomic E-state index is -4.71. The van der Waals surface area contributed by atoms with Gasteiger partial charge in [0.25, 0.3) is 7.82 Å². The van der Waals surface area contributed by atoms with Gasteiger partial charge >= 0.3 is 5.97 Å². The van der Waals surface area contributed by atoms with Gasteiger partial charge < -0.3 is 28.5 Å². The number of esters is 1. The van der Waals surface area contributed by atoms with E-state index < -0.39 is 20.0 Å². The Morgan fingerprint density at radius 3 is 1.01 bits per heavy atom. The van der Waals surface area contributed by atoms with E-state index >= 15 is 0 Å². The number of nitrogens with one attached hydrogen (secondary N) is 1. The number of nitrogens with zero attached hydrogens (tertiary/aromatic N) is 1. The summed E-state index contributed by atoms with van der Waals surface area (Å²) < 4.78 is 30.6. The molecule has 0 fully saturated rings. The van der Waals surface area contributed by atoms with Crippen LogP contribution in [0.25, 0.3) is 0 Å². The summed E-state index contributed by atoms with van der Waals surface area (Å²) in [5.41, 5.74) is 0. The topological polar surface area (TPSA) is 114 Å². The Hall–Kier alpha value is -2.03. The van der Waals surface area contributed by atoms with Gasteiger partial charge in [0.05, 0.1) is 33.8 Å². The van der Waals surface area contributed by atoms with Gasteiger partial charge in [-0.1, -0.05) is 378 Å². The SMILES string of the molecule is CCCCC/C=C\C/C=C\C/C=C\CCCCCCCCCCCCCCCCC(=O)NC(COP(=O)([O-])OCC[N+](C)(C)C)C(/C=C/CCCCCCCCCCCC)OC(=O)CCCCCCCCCCCCCCCCCCCCCCCCCCCCC. The molecule has 9 nitrogen and oxygen atoms in total. The van der Waals surface area contributed by atoms with Crippen molar-refractivity contribution in [2.24, 2.45) is 0 Å². The second-order valence-corrected chi connectivity index (χ2v) is 30.3. The molecule has 0 rings (SSSR count). The number of hydrogen-bond acceptors (Lipinski definition) is 7. The van der Waals surface area contributed by atoms with E-state index in [1.807, 2.05) is 33.3 Å². The van der Waals surface area contributed by atoms with Crippen molar-refractivity contribution >= 4 is 19.7 Å². The summed E-state index contributed by atoms with van der Waals surface area (Å²) in [6.07, 6.45) is 92.7. The van der Waals surface area contributed by atoms with Gasteiger partial charge in [-0.25, -0.2) is 0 Å². The van der Waals surface area contributed by atoms with Crippen LogP contribution in [-0.4, -0.2) is 69.4 Å². The van der Waals surface area contributed by atoms with Gasteiger partial charge in [0.1, 0.15) is 19.3 Å². The first-order valence-corrected chi connectivity index (χ1v) is 41.9. The van der Waals surface area contributed by atoms with Crippen molar-refractivity contribution in [3.63, 3.8) is 0 Å². The maximum Gasteiger partial charge on any atom is 0.306 e. The molecule has 0 radical (unpaired) electrons. The number of amides is 1. The number of allylic oxidation sites excluding steroid dienone is 7. The molecule has 0 heterocycles. The number of likely N-dealkylation sites (N-methyl/N-ethyl adjacent to an activating group) is 1. The predicted octanol–water partition coefficient (Wildman–Crippen LogP) is 25.7. The van der Waals surface area contributed by atoms with Gasteiger partial charge in [-0.05, 0) is 70.3 Å². The van der Waals surface area contributed by atoms with Gasteiger partial charge in [-0.3, -0.25) is 14.2 Å². The zero-order valence-electron chi connectivity index (χ0n) is 62.3. The van der Waals surface area contributed by atoms with Crippen LogP contribution in [0, 0.1) is 0 Å². The molecule has 92 heavy (non-hydrogen) atoms. The van der Waals surface area contributed by atoms with Gasteiger partial charge in [-0.2, -0.15) is 0 Å². The molecule has 0 aliphatic rings. The number of unbranched alkanes of at least 4 members (excludes halogenated alkanes) is 53. The molecule has 0 aromatic rings. The molecule has 0 saturated heterocycles. The molecule has 0 aromatic carbocycles. The first-order valence-electron chi connectivity index (χ1n) is 40.4. The molecule has 0 saturated carbocycles. The van der Waals surface area contributed by atoms with E-state index in [9.17, 15) is 19.0 Å². The molecular weight excluding hydrogens is 1160 g/mol. The fourth-order valence-electron chi connectivity index (χ4n) is 12.3. The van der Waals surface area contributed by atoms with Crippen molar-refractivity contribution in [1.29, 1.82) is 0 Å². The van der Waals surface area contributed by atoms with Crippen molar-refractivity contribution in [3.8, 4) is 0 Å². The predicted molar refractivity (Wildman–Crippen MR) is 399 cm³/mol. The minimum absolute atomic E-state index is 0.0199. The Morgan fingerprint density at radius 2 is 0.663 bits per heavy atom. The summed E-state index contributed by atoms with van der Waals surface area (Å²) in [5.74, 6) is -0.518. The van der Waals surface area contributed by atoms with Crippen LogP contribution in [0.15, 0.2) is 48.6 Å². The molecule has 3 atom stereocenters. The lowest BCUT2D eigenvalue weighted by Crippen LogP contribution is -2.47. The van der Waals surface area contributed by atoms with Gasteiger partial charge in [0, 0.05) is 12.8 Å². The maximum absolute atomic E-state index is 13.7. The number of hydrogen-bond donors (Lipinski definition) is 1. The van der Waals surface area contributed by atoms with Crippen molar-refractivity contribution in [2.45, 2.75) is 425 Å². The van der Waals surface area contributed by atoms with E-state index in [0.717, 1.165) is 70.6 Å². The summed E-state index contributed by atoms with van der Waals surface area (Å²) in [7, 11) is 1.20. The molecule has 3 unspecified atom stereocenters. The van der Waals surface area contributed by atoms with Crippen LogP contribution in [-0.2, 0) is 27.9 Å². The average Bonchev–Trinajstić information content (AvgIpc) is 3.69. The molecule has 1 N–H and O–H groups in total. The van der Waals surface area contributed by atoms with E-state index in [0.29, 0.717) is 17.4 Å². The largest absolute Gasteiger partial charge is 0.756 e. The Bertz CT molecular complexity index is 1710. The number of rotatable bonds is 75. The average molecular weight is 1310 g/mol. The molecule has 0 spiro atoms. The fraction of sp³-hybridized carbons (Fsp3) is 0.878. The third-order valence-electron chi connectivity index (χ3n) is 18.5. The van der Waals surface area contributed by atoms with Crippen LogP contribution in [0.1, 0.15) is 412 Å². The highest BCUT2D eigenvalue weighted by Gasteiger charge is 2.27. The molecule has 0 bridgehead atoms. The van der Waals surface area contributed by atoms with Gasteiger partial charge in [0.15, 0.2) is 0 Å². The van der Waals surface area contributed by atoms with E-state index in [-0.39, 0.29) is 31.5 Å². The number of ether oxygens (including phenoxy) is 1. The normalized spacial score (nSPS) is 13.6. The third-order valence-corrected chi connectivity index (χ3v) is 19.5. The summed E-state index contributed by atoms with van der Waals surface area (Å²) in [5, 5.41) is 3.06. The van der Waals surface area contributed by atoms with Gasteiger partial charge in [-0.15, -0.1) is 0 Å². The third kappa shape index (κ3) is 72.2. The van der Waals surface area contributed by atoms with Crippen molar-refractivity contribution in [3.05, 3.63) is 48.6 Å². The summed E-state index contributed by atoms with van der Waals surface area (Å²) in [6, 6.07) is -0.888. The van der Waals surface area contributed by atoms with Crippen LogP contribution in [0.3, 0.4) is 0 Å². The number of quaternary nitrogens is 1. The Balaban J connectivity index is 4.87. The van der Waals surface area contributed by atoms with Crippen LogP contribution in [0.5, 0.6) is 0 Å². The smallest absolute Gasteiger partial charge is 0.306 e. The Kier molecular flexibility index (Phi) is 70.2. The zero-order chi connectivity index (χ0) is 67.0. The highest BCUT2D eigenvalue weighted by molar-refractivity contribution is 7.45. The first-order chi connectivity index (χ1) is 44.9. The lowest BCUT2D eigenvalue weighted by Gasteiger charge is -2.30. The second kappa shape index (κ2) is 71.7. The zero-order valence-corrected chi connectivity index (χ0v) is 63.2. The Morgan fingerprint density at radius 1 is 0.380 bits per heavy atom. The highest BCUT2D eigenvalue weighted by atomic mass is 31.2. The van der Waals surface area contributed by atoms with E-state index in [2.05, 4.69) is 62.5 Å². The molecule has 0 aliphatic carbocycles. The lowest BCUT2D eigenvalue weighted by molar-refractivity contribution is -0.870. The lowest BCUT2D eigenvalue weighted by atomic mass is 10.0. The van der Waals surface area contributed by atoms with Crippen LogP contribution in [0.4, 0.5) is 0 Å². The Labute approximate surface area is 573 Å². The number of carbonyl (C=O) groups excluding carboxylic acids is 2. The van der Waals surface area contributed by atoms with Crippen LogP contribution < -0.4 is 10.2 Å². The molecule has 0 aliphatic heterocycles. The van der Waals surface area contributed by atoms with E-state index in [1.165, 1.54) is 308 Å². The molecule has 542 valence electrons. The standard InChI is InChI=1S/C82H157N2O7P/c1-7-10-13-16-19-22-25-28-30-32-34-36-38-40-42-44-46-48-50-52-54-56-59-62-65-68-71-74-81(85)83-79(78-90-92(87,88)89-77-76-84(4,5)6)80(73-70-67-64-61-58-27-24-21-18-15-12-9-3)91-82(86)75-72-69-66-63-60-57-55-53-51-49-47-45-43-41-39-37-35-33-31-29-26-23-20-17-14-11-8-2/h19,22,28,30,34,36,70,73,79-80H,7-18,20-21,23-27,29,31-33,35,37-69,71-72,74-78H2,1-6H3,(H-,83,85,87,88)/b22-19-,30-28-,36-34-,73-70+. The second-order valence-electron chi connectivity index (χ2n) is 28.9. The molecule has 1 amide bonds. The van der Waals surface area contributed by atoms with E-state index in [4.69, 9.17) is 13.8 Å². The maximum atomic E-state index is 13.7. The van der Waals surface area contributed by atoms with Crippen LogP contribution >= 0.6 is 7.82 Å². The first kappa shape index (κ1) is 90.0. The van der Waals surface area contributed by atoms with E-state index in [1.54, 1.807) is 0 Å². The number of phosphoric ester groups is 1. The molecular formula is C82H157N2O7P. The van der Waals surface area contributed by atoms with Crippen LogP contribution in [0.2, 0.25) is 0 Å². The summed E-state index contributed by atoms with van der Waals surface area (Å²) in [6.45, 7) is 6.89.